The van der Waals surface area contributed by atoms with E-state index in [1.54, 1.807) is 12.4 Å². The molecule has 60 valence electrons. The maximum atomic E-state index is 5.44. The van der Waals surface area contributed by atoms with Crippen LogP contribution in [0.5, 0.6) is 5.75 Å². The van der Waals surface area contributed by atoms with Gasteiger partial charge in [-0.1, -0.05) is 0 Å². The second kappa shape index (κ2) is 3.72. The third-order valence-corrected chi connectivity index (χ3v) is 1.75. The molecular weight excluding hydrogens is 206 g/mol. The van der Waals surface area contributed by atoms with Gasteiger partial charge in [-0.3, -0.25) is 4.98 Å². The normalized spacial score (nSPS) is 10.2. The van der Waals surface area contributed by atoms with Crippen LogP contribution in [-0.4, -0.2) is 11.1 Å². The lowest BCUT2D eigenvalue weighted by Crippen LogP contribution is -2.05. The lowest BCUT2D eigenvalue weighted by Gasteiger charge is -2.09. The molecule has 0 spiro atoms. The minimum absolute atomic E-state index is 0.190. The van der Waals surface area contributed by atoms with Crippen LogP contribution >= 0.6 is 15.9 Å². The van der Waals surface area contributed by atoms with Gasteiger partial charge in [0.2, 0.25) is 0 Å². The molecule has 1 aromatic heterocycles. The van der Waals surface area contributed by atoms with Gasteiger partial charge in [-0.25, -0.2) is 0 Å². The second-order valence-electron chi connectivity index (χ2n) is 2.47. The summed E-state index contributed by atoms with van der Waals surface area (Å²) >= 11 is 3.36. The second-order valence-corrected chi connectivity index (χ2v) is 3.33. The lowest BCUT2D eigenvalue weighted by molar-refractivity contribution is 0.240. The van der Waals surface area contributed by atoms with E-state index in [1.165, 1.54) is 0 Å². The highest BCUT2D eigenvalue weighted by atomic mass is 79.9. The van der Waals surface area contributed by atoms with Crippen molar-refractivity contribution in [3.8, 4) is 5.75 Å². The summed E-state index contributed by atoms with van der Waals surface area (Å²) in [6.07, 6.45) is 3.61. The maximum absolute atomic E-state index is 5.44. The van der Waals surface area contributed by atoms with Gasteiger partial charge in [-0.15, -0.1) is 0 Å². The van der Waals surface area contributed by atoms with Gasteiger partial charge in [0.1, 0.15) is 0 Å². The standard InChI is InChI=1S/C8H10BrNO/c1-6(2)11-8-5-10-4-3-7(8)9/h3-6H,1-2H3. The highest BCUT2D eigenvalue weighted by Crippen LogP contribution is 2.23. The topological polar surface area (TPSA) is 22.1 Å². The first-order valence-corrected chi connectivity index (χ1v) is 4.25. The van der Waals surface area contributed by atoms with Gasteiger partial charge in [0, 0.05) is 6.20 Å². The van der Waals surface area contributed by atoms with Crippen molar-refractivity contribution in [3.63, 3.8) is 0 Å². The highest BCUT2D eigenvalue weighted by molar-refractivity contribution is 9.10. The van der Waals surface area contributed by atoms with E-state index >= 15 is 0 Å². The van der Waals surface area contributed by atoms with E-state index in [0.29, 0.717) is 0 Å². The van der Waals surface area contributed by atoms with Crippen molar-refractivity contribution < 1.29 is 4.74 Å². The lowest BCUT2D eigenvalue weighted by atomic mass is 10.4. The van der Waals surface area contributed by atoms with Crippen LogP contribution in [-0.2, 0) is 0 Å². The zero-order valence-electron chi connectivity index (χ0n) is 6.54. The minimum Gasteiger partial charge on any atom is -0.488 e. The monoisotopic (exact) mass is 215 g/mol. The number of rotatable bonds is 2. The Balaban J connectivity index is 2.78. The molecule has 0 aliphatic heterocycles. The van der Waals surface area contributed by atoms with Crippen LogP contribution in [0.1, 0.15) is 13.8 Å². The number of nitrogens with zero attached hydrogens (tertiary/aromatic N) is 1. The fourth-order valence-corrected chi connectivity index (χ4v) is 1.02. The van der Waals surface area contributed by atoms with Crippen molar-refractivity contribution in [2.45, 2.75) is 20.0 Å². The first-order chi connectivity index (χ1) is 5.20. The van der Waals surface area contributed by atoms with Gasteiger partial charge in [0.15, 0.2) is 5.75 Å². The number of ether oxygens (including phenoxy) is 1. The Morgan fingerprint density at radius 2 is 2.27 bits per heavy atom. The quantitative estimate of drug-likeness (QED) is 0.758. The molecule has 0 saturated heterocycles. The number of hydrogen-bond donors (Lipinski definition) is 0. The molecule has 1 rings (SSSR count). The summed E-state index contributed by atoms with van der Waals surface area (Å²) in [6.45, 7) is 3.97. The van der Waals surface area contributed by atoms with Crippen molar-refractivity contribution in [1.29, 1.82) is 0 Å². The zero-order chi connectivity index (χ0) is 8.27. The van der Waals surface area contributed by atoms with Gasteiger partial charge in [0.05, 0.1) is 16.8 Å². The Hall–Kier alpha value is -0.570. The number of hydrogen-bond acceptors (Lipinski definition) is 2. The Labute approximate surface area is 74.7 Å². The van der Waals surface area contributed by atoms with Crippen molar-refractivity contribution >= 4 is 15.9 Å². The first-order valence-electron chi connectivity index (χ1n) is 3.46. The van der Waals surface area contributed by atoms with Crippen LogP contribution in [0.3, 0.4) is 0 Å². The molecule has 0 atom stereocenters. The molecule has 0 amide bonds. The summed E-state index contributed by atoms with van der Waals surface area (Å²) in [7, 11) is 0. The molecule has 0 N–H and O–H groups in total. The van der Waals surface area contributed by atoms with E-state index in [-0.39, 0.29) is 6.10 Å². The molecule has 0 bridgehead atoms. The van der Waals surface area contributed by atoms with Crippen molar-refractivity contribution in [1.82, 2.24) is 4.98 Å². The van der Waals surface area contributed by atoms with Crippen LogP contribution < -0.4 is 4.74 Å². The average molecular weight is 216 g/mol. The minimum atomic E-state index is 0.190. The smallest absolute Gasteiger partial charge is 0.152 e. The van der Waals surface area contributed by atoms with E-state index in [0.717, 1.165) is 10.2 Å². The van der Waals surface area contributed by atoms with Gasteiger partial charge in [-0.05, 0) is 35.8 Å². The number of pyridine rings is 1. The van der Waals surface area contributed by atoms with Crippen molar-refractivity contribution in [3.05, 3.63) is 22.9 Å². The van der Waals surface area contributed by atoms with E-state index in [9.17, 15) is 0 Å². The molecule has 1 aromatic rings. The fraction of sp³-hybridized carbons (Fsp3) is 0.375. The molecule has 0 aliphatic carbocycles. The Morgan fingerprint density at radius 1 is 1.55 bits per heavy atom. The van der Waals surface area contributed by atoms with E-state index in [1.807, 2.05) is 19.9 Å². The summed E-state index contributed by atoms with van der Waals surface area (Å²) in [5.41, 5.74) is 0. The molecule has 11 heavy (non-hydrogen) atoms. The Morgan fingerprint density at radius 3 is 2.82 bits per heavy atom. The third kappa shape index (κ3) is 2.50. The Bertz CT molecular complexity index is 237. The summed E-state index contributed by atoms with van der Waals surface area (Å²) < 4.78 is 6.38. The molecule has 0 fully saturated rings. The van der Waals surface area contributed by atoms with Crippen LogP contribution in [0.4, 0.5) is 0 Å². The average Bonchev–Trinajstić information content (AvgIpc) is 1.93. The molecule has 0 unspecified atom stereocenters. The van der Waals surface area contributed by atoms with Crippen LogP contribution in [0, 0.1) is 0 Å². The third-order valence-electron chi connectivity index (χ3n) is 1.10. The van der Waals surface area contributed by atoms with Gasteiger partial charge >= 0.3 is 0 Å². The van der Waals surface area contributed by atoms with E-state index in [4.69, 9.17) is 4.74 Å². The molecule has 2 nitrogen and oxygen atoms in total. The number of aromatic nitrogens is 1. The van der Waals surface area contributed by atoms with Gasteiger partial charge in [0.25, 0.3) is 0 Å². The SMILES string of the molecule is CC(C)Oc1cnccc1Br. The predicted octanol–water partition coefficient (Wildman–Crippen LogP) is 2.63. The molecule has 0 aliphatic rings. The fourth-order valence-electron chi connectivity index (χ4n) is 0.704. The van der Waals surface area contributed by atoms with Gasteiger partial charge in [-0.2, -0.15) is 0 Å². The number of halogens is 1. The van der Waals surface area contributed by atoms with Crippen LogP contribution in [0.2, 0.25) is 0 Å². The summed E-state index contributed by atoms with van der Waals surface area (Å²) in [4.78, 5) is 3.94. The van der Waals surface area contributed by atoms with Crippen LogP contribution in [0.25, 0.3) is 0 Å². The molecular formula is C8H10BrNO. The zero-order valence-corrected chi connectivity index (χ0v) is 8.13. The van der Waals surface area contributed by atoms with Crippen molar-refractivity contribution in [2.24, 2.45) is 0 Å². The summed E-state index contributed by atoms with van der Waals surface area (Å²) in [5, 5.41) is 0. The van der Waals surface area contributed by atoms with Crippen molar-refractivity contribution in [2.75, 3.05) is 0 Å². The van der Waals surface area contributed by atoms with Gasteiger partial charge < -0.3 is 4.74 Å². The first kappa shape index (κ1) is 8.53. The molecule has 0 saturated carbocycles. The van der Waals surface area contributed by atoms with Crippen LogP contribution in [0.15, 0.2) is 22.9 Å². The van der Waals surface area contributed by atoms with E-state index < -0.39 is 0 Å². The molecule has 3 heteroatoms. The molecule has 0 aromatic carbocycles. The summed E-state index contributed by atoms with van der Waals surface area (Å²) in [5.74, 6) is 0.794. The highest BCUT2D eigenvalue weighted by Gasteiger charge is 2.00. The molecule has 0 radical (unpaired) electrons. The summed E-state index contributed by atoms with van der Waals surface area (Å²) in [6, 6.07) is 1.86. The largest absolute Gasteiger partial charge is 0.488 e. The maximum Gasteiger partial charge on any atom is 0.152 e. The Kier molecular flexibility index (Phi) is 2.88. The predicted molar refractivity (Wildman–Crippen MR) is 47.7 cm³/mol. The van der Waals surface area contributed by atoms with E-state index in [2.05, 4.69) is 20.9 Å². The molecule has 1 heterocycles.